The van der Waals surface area contributed by atoms with Gasteiger partial charge >= 0.3 is 13.1 Å². The van der Waals surface area contributed by atoms with Crippen molar-refractivity contribution in [2.45, 2.75) is 70.7 Å². The molecule has 1 saturated heterocycles. The molecule has 1 aromatic carbocycles. The smallest absolute Gasteiger partial charge is 0.476 e. The van der Waals surface area contributed by atoms with Gasteiger partial charge in [0, 0.05) is 0 Å². The summed E-state index contributed by atoms with van der Waals surface area (Å²) in [5.41, 5.74) is -0.747. The highest BCUT2D eigenvalue weighted by atomic mass is 16.7. The van der Waals surface area contributed by atoms with Gasteiger partial charge in [-0.1, -0.05) is 12.1 Å². The van der Waals surface area contributed by atoms with Gasteiger partial charge in [-0.25, -0.2) is 4.79 Å². The summed E-state index contributed by atoms with van der Waals surface area (Å²) in [6, 6.07) is 7.59. The highest BCUT2D eigenvalue weighted by Crippen LogP contribution is 2.39. The molecular weight excluding hydrogens is 319 g/mol. The molecule has 25 heavy (non-hydrogen) atoms. The SMILES string of the molecule is CCOC(=O)C1(Oc2cccc(B3OC(C)(C)C(C)(C)O3)c2)CCC1. The fraction of sp³-hybridized carbons (Fsp3) is 0.632. The molecule has 136 valence electrons. The molecule has 0 bridgehead atoms. The first-order chi connectivity index (χ1) is 11.7. The number of carbonyl (C=O) groups excluding carboxylic acids is 1. The minimum absolute atomic E-state index is 0.276. The van der Waals surface area contributed by atoms with Gasteiger partial charge in [0.15, 0.2) is 0 Å². The van der Waals surface area contributed by atoms with Gasteiger partial charge in [0.2, 0.25) is 5.60 Å². The number of benzene rings is 1. The van der Waals surface area contributed by atoms with E-state index in [4.69, 9.17) is 18.8 Å². The molecule has 1 aromatic rings. The third-order valence-corrected chi connectivity index (χ3v) is 5.51. The summed E-state index contributed by atoms with van der Waals surface area (Å²) in [7, 11) is -0.450. The maximum atomic E-state index is 12.3. The van der Waals surface area contributed by atoms with Crippen LogP contribution in [-0.4, -0.2) is 36.5 Å². The highest BCUT2D eigenvalue weighted by molar-refractivity contribution is 6.62. The lowest BCUT2D eigenvalue weighted by atomic mass is 9.78. The Morgan fingerprint density at radius 1 is 1.16 bits per heavy atom. The van der Waals surface area contributed by atoms with Crippen molar-refractivity contribution >= 4 is 18.6 Å². The van der Waals surface area contributed by atoms with Crippen molar-refractivity contribution in [1.82, 2.24) is 0 Å². The normalized spacial score (nSPS) is 23.0. The average molecular weight is 346 g/mol. The molecule has 0 unspecified atom stereocenters. The van der Waals surface area contributed by atoms with Crippen LogP contribution in [0.5, 0.6) is 5.75 Å². The maximum Gasteiger partial charge on any atom is 0.494 e. The Kier molecular flexibility index (Phi) is 4.62. The Morgan fingerprint density at radius 2 is 1.80 bits per heavy atom. The van der Waals surface area contributed by atoms with E-state index >= 15 is 0 Å². The number of esters is 1. The van der Waals surface area contributed by atoms with Crippen LogP contribution < -0.4 is 10.2 Å². The first-order valence-electron chi connectivity index (χ1n) is 9.01. The second kappa shape index (κ2) is 6.33. The summed E-state index contributed by atoms with van der Waals surface area (Å²) < 4.78 is 23.4. The molecule has 1 aliphatic heterocycles. The Balaban J connectivity index is 1.78. The number of rotatable bonds is 5. The molecule has 1 aliphatic carbocycles. The molecule has 0 N–H and O–H groups in total. The minimum Gasteiger partial charge on any atom is -0.476 e. The molecule has 0 spiro atoms. The topological polar surface area (TPSA) is 54.0 Å². The van der Waals surface area contributed by atoms with Crippen LogP contribution in [0.2, 0.25) is 0 Å². The molecule has 3 rings (SSSR count). The zero-order valence-electron chi connectivity index (χ0n) is 15.8. The maximum absolute atomic E-state index is 12.3. The molecule has 1 saturated carbocycles. The second-order valence-corrected chi connectivity index (χ2v) is 7.83. The average Bonchev–Trinajstić information content (AvgIpc) is 2.72. The summed E-state index contributed by atoms with van der Waals surface area (Å²) in [4.78, 5) is 12.3. The van der Waals surface area contributed by atoms with E-state index < -0.39 is 23.9 Å². The lowest BCUT2D eigenvalue weighted by molar-refractivity contribution is -0.169. The van der Waals surface area contributed by atoms with Crippen LogP contribution in [0.25, 0.3) is 0 Å². The summed E-state index contributed by atoms with van der Waals surface area (Å²) in [6.45, 7) is 10.3. The van der Waals surface area contributed by atoms with E-state index in [0.29, 0.717) is 25.2 Å². The van der Waals surface area contributed by atoms with Crippen molar-refractivity contribution in [2.75, 3.05) is 6.61 Å². The predicted octanol–water partition coefficient (Wildman–Crippen LogP) is 2.85. The first-order valence-corrected chi connectivity index (χ1v) is 9.01. The van der Waals surface area contributed by atoms with Gasteiger partial charge in [-0.15, -0.1) is 0 Å². The summed E-state index contributed by atoms with van der Waals surface area (Å²) in [6.07, 6.45) is 2.34. The summed E-state index contributed by atoms with van der Waals surface area (Å²) >= 11 is 0. The van der Waals surface area contributed by atoms with Crippen molar-refractivity contribution in [2.24, 2.45) is 0 Å². The van der Waals surface area contributed by atoms with E-state index in [9.17, 15) is 4.79 Å². The highest BCUT2D eigenvalue weighted by Gasteiger charge is 2.52. The van der Waals surface area contributed by atoms with Crippen molar-refractivity contribution in [3.05, 3.63) is 24.3 Å². The van der Waals surface area contributed by atoms with Crippen LogP contribution in [0.1, 0.15) is 53.9 Å². The van der Waals surface area contributed by atoms with Gasteiger partial charge in [-0.05, 0) is 71.5 Å². The molecule has 0 radical (unpaired) electrons. The van der Waals surface area contributed by atoms with Gasteiger partial charge in [0.25, 0.3) is 0 Å². The van der Waals surface area contributed by atoms with E-state index in [0.717, 1.165) is 11.9 Å². The molecule has 0 atom stereocenters. The van der Waals surface area contributed by atoms with Gasteiger partial charge in [-0.2, -0.15) is 0 Å². The van der Waals surface area contributed by atoms with Crippen LogP contribution in [0, 0.1) is 0 Å². The van der Waals surface area contributed by atoms with Crippen LogP contribution in [0.4, 0.5) is 0 Å². The lowest BCUT2D eigenvalue weighted by Gasteiger charge is -2.39. The Labute approximate surface area is 150 Å². The van der Waals surface area contributed by atoms with Gasteiger partial charge in [0.1, 0.15) is 5.75 Å². The molecule has 2 aliphatic rings. The van der Waals surface area contributed by atoms with Gasteiger partial charge in [-0.3, -0.25) is 0 Å². The standard InChI is InChI=1S/C19H27BO5/c1-6-22-16(21)19(11-8-12-19)23-15-10-7-9-14(13-15)20-24-17(2,3)18(4,5)25-20/h7,9-10,13H,6,8,11-12H2,1-5H3. The summed E-state index contributed by atoms with van der Waals surface area (Å²) in [5, 5.41) is 0. The van der Waals surface area contributed by atoms with E-state index in [-0.39, 0.29) is 5.97 Å². The number of hydrogen-bond acceptors (Lipinski definition) is 5. The van der Waals surface area contributed by atoms with Gasteiger partial charge in [0.05, 0.1) is 17.8 Å². The first kappa shape index (κ1) is 18.3. The predicted molar refractivity (Wildman–Crippen MR) is 96.0 cm³/mol. The number of hydrogen-bond donors (Lipinski definition) is 0. The Hall–Kier alpha value is -1.53. The molecule has 2 fully saturated rings. The molecule has 0 aromatic heterocycles. The fourth-order valence-electron chi connectivity index (χ4n) is 3.04. The zero-order chi connectivity index (χ0) is 18.3. The molecule has 5 nitrogen and oxygen atoms in total. The minimum atomic E-state index is -0.843. The third kappa shape index (κ3) is 3.29. The van der Waals surface area contributed by atoms with E-state index in [1.807, 2.05) is 58.9 Å². The van der Waals surface area contributed by atoms with E-state index in [2.05, 4.69) is 0 Å². The monoisotopic (exact) mass is 346 g/mol. The van der Waals surface area contributed by atoms with Crippen LogP contribution in [-0.2, 0) is 18.8 Å². The molecular formula is C19H27BO5. The third-order valence-electron chi connectivity index (χ3n) is 5.51. The quantitative estimate of drug-likeness (QED) is 0.606. The largest absolute Gasteiger partial charge is 0.494 e. The van der Waals surface area contributed by atoms with Crippen molar-refractivity contribution in [3.63, 3.8) is 0 Å². The fourth-order valence-corrected chi connectivity index (χ4v) is 3.04. The van der Waals surface area contributed by atoms with Crippen LogP contribution in [0.15, 0.2) is 24.3 Å². The van der Waals surface area contributed by atoms with E-state index in [1.54, 1.807) is 0 Å². The van der Waals surface area contributed by atoms with Crippen molar-refractivity contribution in [3.8, 4) is 5.75 Å². The van der Waals surface area contributed by atoms with E-state index in [1.165, 1.54) is 0 Å². The number of ether oxygens (including phenoxy) is 2. The Morgan fingerprint density at radius 3 is 2.32 bits per heavy atom. The van der Waals surface area contributed by atoms with Crippen molar-refractivity contribution < 1.29 is 23.6 Å². The number of carbonyl (C=O) groups is 1. The van der Waals surface area contributed by atoms with Crippen molar-refractivity contribution in [1.29, 1.82) is 0 Å². The van der Waals surface area contributed by atoms with Crippen LogP contribution in [0.3, 0.4) is 0 Å². The second-order valence-electron chi connectivity index (χ2n) is 7.83. The van der Waals surface area contributed by atoms with Gasteiger partial charge < -0.3 is 18.8 Å². The molecule has 1 heterocycles. The molecule has 0 amide bonds. The molecule has 6 heteroatoms. The lowest BCUT2D eigenvalue weighted by Crippen LogP contribution is -2.51. The zero-order valence-corrected chi connectivity index (χ0v) is 15.8. The van der Waals surface area contributed by atoms with Crippen LogP contribution >= 0.6 is 0 Å². The Bertz CT molecular complexity index is 635. The summed E-state index contributed by atoms with van der Waals surface area (Å²) in [5.74, 6) is 0.363.